The van der Waals surface area contributed by atoms with Crippen LogP contribution in [0.2, 0.25) is 0 Å². The Kier molecular flexibility index (Phi) is 6.60. The summed E-state index contributed by atoms with van der Waals surface area (Å²) in [5, 5.41) is 10.8. The van der Waals surface area contributed by atoms with Crippen molar-refractivity contribution in [2.75, 3.05) is 7.11 Å². The lowest BCUT2D eigenvalue weighted by Gasteiger charge is -2.64. The van der Waals surface area contributed by atoms with Gasteiger partial charge in [0.1, 0.15) is 0 Å². The minimum atomic E-state index is -0.739. The normalized spacial score (nSPS) is 45.9. The van der Waals surface area contributed by atoms with Gasteiger partial charge in [-0.2, -0.15) is 0 Å². The fraction of sp³-hybridized carbons (Fsp3) is 0.875. The van der Waals surface area contributed by atoms with E-state index in [9.17, 15) is 5.11 Å². The number of allylic oxidation sites excluding steroid dienone is 2. The van der Waals surface area contributed by atoms with Crippen molar-refractivity contribution in [3.8, 4) is 0 Å². The fourth-order valence-corrected chi connectivity index (χ4v) is 10.0. The highest BCUT2D eigenvalue weighted by Gasteiger charge is 2.65. The van der Waals surface area contributed by atoms with Crippen molar-refractivity contribution in [3.63, 3.8) is 0 Å². The van der Waals surface area contributed by atoms with Gasteiger partial charge in [-0.05, 0) is 123 Å². The topological polar surface area (TPSA) is 29.5 Å². The van der Waals surface area contributed by atoms with Crippen molar-refractivity contribution in [3.05, 3.63) is 23.8 Å². The van der Waals surface area contributed by atoms with Crippen LogP contribution in [0.1, 0.15) is 113 Å². The summed E-state index contributed by atoms with van der Waals surface area (Å²) < 4.78 is 6.00. The second-order valence-electron chi connectivity index (χ2n) is 14.6. The molecule has 0 radical (unpaired) electrons. The first-order valence-electron chi connectivity index (χ1n) is 14.3. The van der Waals surface area contributed by atoms with Crippen LogP contribution in [0.25, 0.3) is 0 Å². The lowest BCUT2D eigenvalue weighted by atomic mass is 9.41. The number of fused-ring (bicyclic) bond motifs is 5. The lowest BCUT2D eigenvalue weighted by molar-refractivity contribution is -0.130. The maximum atomic E-state index is 10.8. The van der Waals surface area contributed by atoms with Gasteiger partial charge in [0.2, 0.25) is 0 Å². The molecular weight excluding hydrogens is 416 g/mol. The van der Waals surface area contributed by atoms with E-state index in [-0.39, 0.29) is 5.41 Å². The molecular formula is C32H54O2. The molecule has 4 rings (SSSR count). The van der Waals surface area contributed by atoms with E-state index < -0.39 is 5.60 Å². The van der Waals surface area contributed by atoms with Crippen LogP contribution in [-0.4, -0.2) is 23.9 Å². The number of methoxy groups -OCH3 is 1. The summed E-state index contributed by atoms with van der Waals surface area (Å²) in [6.07, 6.45) is 14.2. The van der Waals surface area contributed by atoms with Gasteiger partial charge in [-0.1, -0.05) is 59.8 Å². The second-order valence-corrected chi connectivity index (χ2v) is 14.6. The Balaban J connectivity index is 1.60. The molecule has 194 valence electrons. The first-order valence-corrected chi connectivity index (χ1v) is 14.3. The summed E-state index contributed by atoms with van der Waals surface area (Å²) in [5.41, 5.74) is 3.30. The van der Waals surface area contributed by atoms with Crippen molar-refractivity contribution in [2.24, 2.45) is 45.3 Å². The van der Waals surface area contributed by atoms with Crippen molar-refractivity contribution >= 4 is 0 Å². The number of hydrogen-bond acceptors (Lipinski definition) is 2. The van der Waals surface area contributed by atoms with Crippen molar-refractivity contribution < 1.29 is 9.84 Å². The van der Waals surface area contributed by atoms with E-state index in [1.165, 1.54) is 44.9 Å². The summed E-state index contributed by atoms with van der Waals surface area (Å²) in [6.45, 7) is 23.3. The summed E-state index contributed by atoms with van der Waals surface area (Å²) in [7, 11) is 1.92. The number of rotatable bonds is 6. The molecule has 2 nitrogen and oxygen atoms in total. The summed E-state index contributed by atoms with van der Waals surface area (Å²) >= 11 is 0. The zero-order chi connectivity index (χ0) is 25.3. The molecule has 0 amide bonds. The molecule has 4 aliphatic rings. The molecule has 3 saturated carbocycles. The molecule has 0 heterocycles. The molecule has 0 saturated heterocycles. The number of ether oxygens (including phenoxy) is 1. The van der Waals surface area contributed by atoms with E-state index in [0.717, 1.165) is 36.2 Å². The highest BCUT2D eigenvalue weighted by molar-refractivity contribution is 5.32. The van der Waals surface area contributed by atoms with E-state index in [0.29, 0.717) is 28.3 Å². The first kappa shape index (κ1) is 26.5. The largest absolute Gasteiger partial charge is 0.386 e. The van der Waals surface area contributed by atoms with Gasteiger partial charge < -0.3 is 9.84 Å². The van der Waals surface area contributed by atoms with Gasteiger partial charge in [0, 0.05) is 7.11 Å². The molecule has 1 N–H and O–H groups in total. The Morgan fingerprint density at radius 2 is 1.79 bits per heavy atom. The third kappa shape index (κ3) is 3.63. The monoisotopic (exact) mass is 470 g/mol. The van der Waals surface area contributed by atoms with Crippen LogP contribution in [0.5, 0.6) is 0 Å². The van der Waals surface area contributed by atoms with Gasteiger partial charge in [-0.15, -0.1) is 0 Å². The Hall–Kier alpha value is -0.600. The van der Waals surface area contributed by atoms with E-state index in [1.807, 2.05) is 26.5 Å². The molecule has 0 aromatic carbocycles. The van der Waals surface area contributed by atoms with Crippen LogP contribution < -0.4 is 0 Å². The molecule has 3 fully saturated rings. The fourth-order valence-electron chi connectivity index (χ4n) is 10.0. The summed E-state index contributed by atoms with van der Waals surface area (Å²) in [4.78, 5) is 0. The smallest absolute Gasteiger partial charge is 0.0823 e. The molecule has 1 unspecified atom stereocenters. The molecule has 34 heavy (non-hydrogen) atoms. The molecule has 0 aromatic rings. The third-order valence-electron chi connectivity index (χ3n) is 12.8. The summed E-state index contributed by atoms with van der Waals surface area (Å²) in [6, 6.07) is 0. The quantitative estimate of drug-likeness (QED) is 0.395. The average molecular weight is 471 g/mol. The predicted octanol–water partition coefficient (Wildman–Crippen LogP) is 8.35. The van der Waals surface area contributed by atoms with Crippen LogP contribution >= 0.6 is 0 Å². The SMILES string of the molecule is C=C(C)C(C)(O)CC[C@@H](C)[C@H]1CC[C@@]2(C)[C@@H]3CC[C@H]4C(C)(C)[C@@H](OC)CC[C@]4(C)C3=CC[C@]12C. The van der Waals surface area contributed by atoms with Crippen molar-refractivity contribution in [1.82, 2.24) is 0 Å². The first-order chi connectivity index (χ1) is 15.6. The number of aliphatic hydroxyl groups is 1. The van der Waals surface area contributed by atoms with Gasteiger partial charge in [0.05, 0.1) is 11.7 Å². The molecule has 0 bridgehead atoms. The van der Waals surface area contributed by atoms with Crippen LogP contribution in [0.3, 0.4) is 0 Å². The average Bonchev–Trinajstić information content (AvgIpc) is 3.03. The van der Waals surface area contributed by atoms with Crippen LogP contribution in [-0.2, 0) is 4.74 Å². The highest BCUT2D eigenvalue weighted by Crippen LogP contribution is 2.73. The molecule has 0 aromatic heterocycles. The van der Waals surface area contributed by atoms with Gasteiger partial charge in [0.15, 0.2) is 0 Å². The Labute approximate surface area is 211 Å². The zero-order valence-corrected chi connectivity index (χ0v) is 23.9. The molecule has 4 aliphatic carbocycles. The van der Waals surface area contributed by atoms with E-state index >= 15 is 0 Å². The van der Waals surface area contributed by atoms with E-state index in [4.69, 9.17) is 4.74 Å². The van der Waals surface area contributed by atoms with Crippen molar-refractivity contribution in [2.45, 2.75) is 125 Å². The maximum absolute atomic E-state index is 10.8. The van der Waals surface area contributed by atoms with E-state index in [2.05, 4.69) is 54.2 Å². The second kappa shape index (κ2) is 8.47. The maximum Gasteiger partial charge on any atom is 0.0823 e. The minimum Gasteiger partial charge on any atom is -0.386 e. The molecule has 0 aliphatic heterocycles. The zero-order valence-electron chi connectivity index (χ0n) is 23.9. The Morgan fingerprint density at radius 1 is 1.12 bits per heavy atom. The van der Waals surface area contributed by atoms with Gasteiger partial charge in [-0.3, -0.25) is 0 Å². The Morgan fingerprint density at radius 3 is 2.41 bits per heavy atom. The minimum absolute atomic E-state index is 0.238. The molecule has 0 spiro atoms. The third-order valence-corrected chi connectivity index (χ3v) is 12.8. The highest BCUT2D eigenvalue weighted by atomic mass is 16.5. The van der Waals surface area contributed by atoms with Gasteiger partial charge in [-0.25, -0.2) is 0 Å². The van der Waals surface area contributed by atoms with Gasteiger partial charge in [0.25, 0.3) is 0 Å². The van der Waals surface area contributed by atoms with Gasteiger partial charge >= 0.3 is 0 Å². The van der Waals surface area contributed by atoms with E-state index in [1.54, 1.807) is 0 Å². The molecule has 2 heteroatoms. The molecule has 9 atom stereocenters. The predicted molar refractivity (Wildman–Crippen MR) is 144 cm³/mol. The Bertz CT molecular complexity index is 836. The lowest BCUT2D eigenvalue weighted by Crippen LogP contribution is -2.58. The van der Waals surface area contributed by atoms with Crippen LogP contribution in [0, 0.1) is 45.3 Å². The standard InChI is InChI=1S/C32H54O2/c1-21(2)32(9,33)20-13-22(3)23-14-18-31(8)25-11-12-26-28(4,5)27(34-10)16-17-29(26,6)24(25)15-19-30(23,31)7/h15,22-23,25-27,33H,1,11-14,16-20H2,2-10H3/t22-,23-,25-,26+,27+,29-,30-,31+,32?/m1/s1. The number of hydrogen-bond donors (Lipinski definition) is 1. The summed E-state index contributed by atoms with van der Waals surface area (Å²) in [5.74, 6) is 2.82. The van der Waals surface area contributed by atoms with Crippen LogP contribution in [0.15, 0.2) is 23.8 Å². The van der Waals surface area contributed by atoms with Crippen molar-refractivity contribution in [1.29, 1.82) is 0 Å². The van der Waals surface area contributed by atoms with Crippen LogP contribution in [0.4, 0.5) is 0 Å².